The largest absolute Gasteiger partial charge is 0.371 e. The van der Waals surface area contributed by atoms with E-state index in [-0.39, 0.29) is 0 Å². The molecule has 1 aromatic carbocycles. The van der Waals surface area contributed by atoms with Crippen LogP contribution in [-0.2, 0) is 0 Å². The minimum atomic E-state index is 0.395. The maximum Gasteiger partial charge on any atom is 0.0377 e. The molecule has 1 fully saturated rings. The summed E-state index contributed by atoms with van der Waals surface area (Å²) in [6.07, 6.45) is 3.80. The van der Waals surface area contributed by atoms with Gasteiger partial charge >= 0.3 is 0 Å². The average Bonchev–Trinajstić information content (AvgIpc) is 2.43. The van der Waals surface area contributed by atoms with Crippen LogP contribution >= 0.6 is 15.9 Å². The van der Waals surface area contributed by atoms with Crippen LogP contribution in [0.3, 0.4) is 0 Å². The van der Waals surface area contributed by atoms with Gasteiger partial charge in [0.2, 0.25) is 0 Å². The molecule has 1 unspecified atom stereocenters. The van der Waals surface area contributed by atoms with E-state index in [2.05, 4.69) is 72.0 Å². The van der Waals surface area contributed by atoms with E-state index in [1.54, 1.807) is 0 Å². The fourth-order valence-electron chi connectivity index (χ4n) is 3.18. The molecule has 1 atom stereocenters. The molecular weight excluding hydrogens is 324 g/mol. The molecule has 0 amide bonds. The van der Waals surface area contributed by atoms with E-state index in [1.165, 1.54) is 41.5 Å². The number of nitrogens with one attached hydrogen (secondary N) is 1. The Labute approximate surface area is 138 Å². The molecular formula is C18H29BrN2. The average molecular weight is 353 g/mol. The van der Waals surface area contributed by atoms with Crippen LogP contribution in [0.25, 0.3) is 0 Å². The second-order valence-corrected chi connectivity index (χ2v) is 7.93. The quantitative estimate of drug-likeness (QED) is 0.789. The number of piperidine rings is 1. The summed E-state index contributed by atoms with van der Waals surface area (Å²) in [5, 5.41) is 3.56. The fraction of sp³-hybridized carbons (Fsp3) is 0.667. The number of anilines is 1. The lowest BCUT2D eigenvalue weighted by Gasteiger charge is -2.39. The van der Waals surface area contributed by atoms with Gasteiger partial charge in [0.25, 0.3) is 0 Å². The van der Waals surface area contributed by atoms with Crippen molar-refractivity contribution in [3.8, 4) is 0 Å². The molecule has 0 aromatic heterocycles. The molecule has 1 aromatic rings. The molecule has 1 aliphatic heterocycles. The highest BCUT2D eigenvalue weighted by Gasteiger charge is 2.26. The molecule has 0 bridgehead atoms. The molecule has 3 heteroatoms. The second-order valence-electron chi connectivity index (χ2n) is 7.07. The molecule has 0 spiro atoms. The van der Waals surface area contributed by atoms with Gasteiger partial charge in [-0.1, -0.05) is 42.8 Å². The van der Waals surface area contributed by atoms with Crippen molar-refractivity contribution < 1.29 is 0 Å². The third-order valence-corrected chi connectivity index (χ3v) is 5.10. The zero-order valence-electron chi connectivity index (χ0n) is 13.9. The van der Waals surface area contributed by atoms with Crippen molar-refractivity contribution >= 4 is 21.6 Å². The Morgan fingerprint density at radius 2 is 2.14 bits per heavy atom. The summed E-state index contributed by atoms with van der Waals surface area (Å²) < 4.78 is 1.22. The predicted molar refractivity (Wildman–Crippen MR) is 96.1 cm³/mol. The molecule has 2 rings (SSSR count). The highest BCUT2D eigenvalue weighted by Crippen LogP contribution is 2.34. The minimum Gasteiger partial charge on any atom is -0.371 e. The first-order valence-electron chi connectivity index (χ1n) is 8.21. The fourth-order valence-corrected chi connectivity index (χ4v) is 3.89. The highest BCUT2D eigenvalue weighted by atomic mass is 79.9. The number of benzene rings is 1. The lowest BCUT2D eigenvalue weighted by molar-refractivity contribution is 0.293. The zero-order valence-corrected chi connectivity index (χ0v) is 15.5. The third-order valence-electron chi connectivity index (χ3n) is 4.42. The topological polar surface area (TPSA) is 15.3 Å². The molecule has 1 aliphatic rings. The number of nitrogens with zero attached hydrogens (tertiary/aromatic N) is 1. The Hall–Kier alpha value is -0.540. The smallest absolute Gasteiger partial charge is 0.0377 e. The number of hydrogen-bond acceptors (Lipinski definition) is 2. The maximum absolute atomic E-state index is 3.77. The van der Waals surface area contributed by atoms with Gasteiger partial charge in [-0.05, 0) is 55.8 Å². The van der Waals surface area contributed by atoms with Crippen molar-refractivity contribution in [3.05, 3.63) is 28.2 Å². The van der Waals surface area contributed by atoms with Crippen molar-refractivity contribution in [1.29, 1.82) is 0 Å². The van der Waals surface area contributed by atoms with E-state index < -0.39 is 0 Å². The summed E-state index contributed by atoms with van der Waals surface area (Å²) in [6, 6.07) is 7.24. The van der Waals surface area contributed by atoms with E-state index in [0.29, 0.717) is 11.5 Å². The first kappa shape index (κ1) is 16.8. The molecule has 0 aliphatic carbocycles. The van der Waals surface area contributed by atoms with Crippen molar-refractivity contribution in [2.24, 2.45) is 5.41 Å². The minimum absolute atomic E-state index is 0.395. The Balaban J connectivity index is 2.11. The van der Waals surface area contributed by atoms with Gasteiger partial charge in [-0.15, -0.1) is 0 Å². The Bertz CT molecular complexity index is 470. The van der Waals surface area contributed by atoms with E-state index in [0.717, 1.165) is 13.1 Å². The van der Waals surface area contributed by atoms with Gasteiger partial charge < -0.3 is 10.2 Å². The molecule has 1 N–H and O–H groups in total. The summed E-state index contributed by atoms with van der Waals surface area (Å²) in [4.78, 5) is 2.53. The molecule has 0 radical (unpaired) electrons. The molecule has 21 heavy (non-hydrogen) atoms. The maximum atomic E-state index is 3.77. The van der Waals surface area contributed by atoms with E-state index in [1.807, 2.05) is 0 Å². The lowest BCUT2D eigenvalue weighted by Crippen LogP contribution is -2.40. The summed E-state index contributed by atoms with van der Waals surface area (Å²) >= 11 is 3.77. The van der Waals surface area contributed by atoms with Crippen molar-refractivity contribution in [1.82, 2.24) is 5.32 Å². The highest BCUT2D eigenvalue weighted by molar-refractivity contribution is 9.10. The van der Waals surface area contributed by atoms with Gasteiger partial charge in [0.05, 0.1) is 0 Å². The summed E-state index contributed by atoms with van der Waals surface area (Å²) in [5.41, 5.74) is 3.13. The monoisotopic (exact) mass is 352 g/mol. The van der Waals surface area contributed by atoms with Crippen LogP contribution in [0.2, 0.25) is 0 Å². The van der Waals surface area contributed by atoms with Crippen molar-refractivity contribution in [2.45, 2.75) is 53.0 Å². The van der Waals surface area contributed by atoms with E-state index in [4.69, 9.17) is 0 Å². The molecule has 0 saturated carbocycles. The number of hydrogen-bond donors (Lipinski definition) is 1. The summed E-state index contributed by atoms with van der Waals surface area (Å²) in [7, 11) is 0. The molecule has 1 heterocycles. The van der Waals surface area contributed by atoms with Gasteiger partial charge in [-0.3, -0.25) is 0 Å². The van der Waals surface area contributed by atoms with Crippen LogP contribution in [0.4, 0.5) is 5.69 Å². The second kappa shape index (κ2) is 7.15. The SMILES string of the molecule is CCCNC(C)c1ccc(N2CCCC(C)(C)C2)cc1Br. The number of rotatable bonds is 5. The zero-order chi connectivity index (χ0) is 15.5. The van der Waals surface area contributed by atoms with Crippen LogP contribution < -0.4 is 10.2 Å². The Morgan fingerprint density at radius 1 is 1.38 bits per heavy atom. The van der Waals surface area contributed by atoms with Gasteiger partial charge in [-0.25, -0.2) is 0 Å². The van der Waals surface area contributed by atoms with Crippen LogP contribution in [0.1, 0.15) is 58.6 Å². The van der Waals surface area contributed by atoms with Crippen LogP contribution in [0, 0.1) is 5.41 Å². The summed E-state index contributed by atoms with van der Waals surface area (Å²) in [5.74, 6) is 0. The van der Waals surface area contributed by atoms with Crippen LogP contribution in [-0.4, -0.2) is 19.6 Å². The predicted octanol–water partition coefficient (Wildman–Crippen LogP) is 5.14. The van der Waals surface area contributed by atoms with E-state index in [9.17, 15) is 0 Å². The molecule has 1 saturated heterocycles. The van der Waals surface area contributed by atoms with Crippen molar-refractivity contribution in [3.63, 3.8) is 0 Å². The normalized spacial score (nSPS) is 19.6. The first-order valence-corrected chi connectivity index (χ1v) is 9.00. The van der Waals surface area contributed by atoms with Crippen molar-refractivity contribution in [2.75, 3.05) is 24.5 Å². The molecule has 118 valence electrons. The first-order chi connectivity index (χ1) is 9.93. The van der Waals surface area contributed by atoms with Gasteiger partial charge in [-0.2, -0.15) is 0 Å². The Kier molecular flexibility index (Phi) is 5.73. The van der Waals surface area contributed by atoms with Gasteiger partial charge in [0.1, 0.15) is 0 Å². The third kappa shape index (κ3) is 4.46. The Morgan fingerprint density at radius 3 is 2.76 bits per heavy atom. The molecule has 2 nitrogen and oxygen atoms in total. The lowest BCUT2D eigenvalue weighted by atomic mass is 9.84. The standard InChI is InChI=1S/C18H29BrN2/c1-5-10-20-14(2)16-8-7-15(12-17(16)19)21-11-6-9-18(3,4)13-21/h7-8,12,14,20H,5-6,9-11,13H2,1-4H3. The van der Waals surface area contributed by atoms with Gasteiger partial charge in [0, 0.05) is 29.3 Å². The number of halogens is 1. The summed E-state index contributed by atoms with van der Waals surface area (Å²) in [6.45, 7) is 12.6. The van der Waals surface area contributed by atoms with Crippen LogP contribution in [0.15, 0.2) is 22.7 Å². The van der Waals surface area contributed by atoms with Gasteiger partial charge in [0.15, 0.2) is 0 Å². The van der Waals surface area contributed by atoms with Crippen LogP contribution in [0.5, 0.6) is 0 Å². The van der Waals surface area contributed by atoms with E-state index >= 15 is 0 Å².